The standard InChI is InChI=1S/C81H58N4O/c1-80(2,3)50-40-41-82-74(44-50)85-70-31-13-11-20-56(70)57-39-36-53(46-73(57)85)86-52-19-16-18-51(45-52)83-47-84(72-33-15-14-32-71(72)83)79-54(48-34-37-62-67(42-48)76-60-23-6-4-21-58(60)75(62)59-22-5-7-24-61(59)76)28-17-29-55(79)49-35-38-66-69(43-49)81-68-30-12-10-27-65(68)77(81)63-25-8-9-26-64(63)78(66)81/h4-46,75-78H,47H2,1-3H3. The number of fused-ring (bicyclic) bond motifs is 11. The molecule has 13 aromatic rings. The van der Waals surface area contributed by atoms with E-state index in [1.165, 1.54) is 106 Å². The first-order chi connectivity index (χ1) is 42.3. The second-order valence-corrected chi connectivity index (χ2v) is 25.7. The first-order valence-corrected chi connectivity index (χ1v) is 30.5. The summed E-state index contributed by atoms with van der Waals surface area (Å²) < 4.78 is 9.24. The van der Waals surface area contributed by atoms with Crippen LogP contribution in [-0.2, 0) is 10.8 Å². The van der Waals surface area contributed by atoms with Crippen molar-refractivity contribution >= 4 is 44.6 Å². The molecule has 2 aromatic heterocycles. The number of pyridine rings is 1. The Hall–Kier alpha value is -10.2. The number of anilines is 4. The number of aromatic nitrogens is 2. The van der Waals surface area contributed by atoms with Gasteiger partial charge in [-0.2, -0.15) is 0 Å². The summed E-state index contributed by atoms with van der Waals surface area (Å²) in [6.45, 7) is 7.35. The molecular weight excluding hydrogens is 1040 g/mol. The van der Waals surface area contributed by atoms with Crippen LogP contribution in [0.5, 0.6) is 11.5 Å². The van der Waals surface area contributed by atoms with Crippen LogP contribution < -0.4 is 14.5 Å². The third-order valence-electron chi connectivity index (χ3n) is 20.5. The lowest BCUT2D eigenvalue weighted by Crippen LogP contribution is -2.52. The lowest BCUT2D eigenvalue weighted by atomic mass is 9.43. The van der Waals surface area contributed by atoms with Crippen molar-refractivity contribution in [1.29, 1.82) is 0 Å². The summed E-state index contributed by atoms with van der Waals surface area (Å²) in [5, 5.41) is 2.34. The molecule has 3 unspecified atom stereocenters. The van der Waals surface area contributed by atoms with Crippen molar-refractivity contribution in [2.45, 2.75) is 55.3 Å². The van der Waals surface area contributed by atoms with E-state index >= 15 is 0 Å². The molecule has 1 spiro atoms. The quantitative estimate of drug-likeness (QED) is 0.159. The van der Waals surface area contributed by atoms with Gasteiger partial charge in [-0.3, -0.25) is 4.57 Å². The van der Waals surface area contributed by atoms with E-state index in [4.69, 9.17) is 9.72 Å². The summed E-state index contributed by atoms with van der Waals surface area (Å²) in [5.41, 5.74) is 30.3. The molecule has 3 atom stereocenters. The number of rotatable bonds is 7. The van der Waals surface area contributed by atoms with E-state index in [1.54, 1.807) is 0 Å². The molecular formula is C81H58N4O. The summed E-state index contributed by atoms with van der Waals surface area (Å²) in [6.07, 6.45) is 1.94. The van der Waals surface area contributed by atoms with Gasteiger partial charge in [0.05, 0.1) is 28.1 Å². The van der Waals surface area contributed by atoms with Crippen molar-refractivity contribution in [3.63, 3.8) is 0 Å². The molecule has 2 bridgehead atoms. The highest BCUT2D eigenvalue weighted by Crippen LogP contribution is 2.77. The topological polar surface area (TPSA) is 33.5 Å². The molecule has 86 heavy (non-hydrogen) atoms. The minimum atomic E-state index is -0.0582. The Morgan fingerprint density at radius 3 is 1.70 bits per heavy atom. The molecule has 0 N–H and O–H groups in total. The number of benzene rings is 11. The first-order valence-electron chi connectivity index (χ1n) is 30.5. The van der Waals surface area contributed by atoms with Crippen molar-refractivity contribution in [3.8, 4) is 39.6 Å². The number of ether oxygens (including phenoxy) is 1. The van der Waals surface area contributed by atoms with Gasteiger partial charge in [-0.25, -0.2) is 4.98 Å². The lowest BCUT2D eigenvalue weighted by Gasteiger charge is -2.58. The molecule has 408 valence electrons. The van der Waals surface area contributed by atoms with Crippen molar-refractivity contribution in [2.75, 3.05) is 16.5 Å². The Bertz CT molecular complexity index is 5030. The maximum Gasteiger partial charge on any atom is 0.137 e. The molecule has 0 saturated heterocycles. The summed E-state index contributed by atoms with van der Waals surface area (Å²) in [7, 11) is 0. The van der Waals surface area contributed by atoms with Crippen LogP contribution in [0.2, 0.25) is 0 Å². The summed E-state index contributed by atoms with van der Waals surface area (Å²) in [4.78, 5) is 10.0. The highest BCUT2D eigenvalue weighted by molar-refractivity contribution is 6.09. The second-order valence-electron chi connectivity index (χ2n) is 25.7. The smallest absolute Gasteiger partial charge is 0.137 e. The average Bonchev–Trinajstić information content (AvgIpc) is 1.40. The van der Waals surface area contributed by atoms with Crippen molar-refractivity contribution < 1.29 is 4.74 Å². The lowest BCUT2D eigenvalue weighted by molar-refractivity contribution is 0.333. The maximum atomic E-state index is 6.96. The van der Waals surface area contributed by atoms with E-state index in [2.05, 4.69) is 290 Å². The van der Waals surface area contributed by atoms with Gasteiger partial charge in [0.25, 0.3) is 0 Å². The van der Waals surface area contributed by atoms with Crippen LogP contribution in [0.4, 0.5) is 22.7 Å². The third kappa shape index (κ3) is 6.42. The average molecular weight is 1100 g/mol. The molecule has 5 heteroatoms. The fourth-order valence-corrected chi connectivity index (χ4v) is 17.0. The van der Waals surface area contributed by atoms with Gasteiger partial charge in [-0.15, -0.1) is 0 Å². The third-order valence-corrected chi connectivity index (χ3v) is 20.5. The molecule has 20 rings (SSSR count). The minimum Gasteiger partial charge on any atom is -0.457 e. The number of para-hydroxylation sites is 4. The number of hydrogen-bond donors (Lipinski definition) is 0. The molecule has 0 fully saturated rings. The van der Waals surface area contributed by atoms with Crippen LogP contribution in [0, 0.1) is 0 Å². The SMILES string of the molecule is CC(C)(C)c1ccnc(-n2c3ccccc3c3ccc(Oc4cccc(N5CN(c6c(-c7ccc8c(c7)C7c9ccccc9C8c8ccccc87)cccc6-c6ccc7c(c6)C68c9ccccc9C6c6ccccc6C78)c6ccccc65)c4)cc32)c1. The molecule has 3 heterocycles. The highest BCUT2D eigenvalue weighted by Gasteiger charge is 2.69. The van der Waals surface area contributed by atoms with E-state index in [0.717, 1.165) is 50.8 Å². The van der Waals surface area contributed by atoms with Gasteiger partial charge in [0.1, 0.15) is 24.0 Å². The predicted octanol–water partition coefficient (Wildman–Crippen LogP) is 19.7. The van der Waals surface area contributed by atoms with E-state index in [0.29, 0.717) is 18.5 Å². The number of nitrogens with zero attached hydrogens (tertiary/aromatic N) is 4. The van der Waals surface area contributed by atoms with Gasteiger partial charge in [0, 0.05) is 75.0 Å². The summed E-state index contributed by atoms with van der Waals surface area (Å²) in [5.74, 6) is 3.51. The van der Waals surface area contributed by atoms with Gasteiger partial charge in [0.2, 0.25) is 0 Å². The molecule has 0 amide bonds. The van der Waals surface area contributed by atoms with Crippen LogP contribution in [-0.4, -0.2) is 16.2 Å². The van der Waals surface area contributed by atoms with Crippen LogP contribution in [0.25, 0.3) is 49.9 Å². The van der Waals surface area contributed by atoms with Gasteiger partial charge in [-0.1, -0.05) is 197 Å². The Morgan fingerprint density at radius 2 is 0.977 bits per heavy atom. The molecule has 11 aromatic carbocycles. The molecule has 5 nitrogen and oxygen atoms in total. The zero-order valence-electron chi connectivity index (χ0n) is 48.0. The largest absolute Gasteiger partial charge is 0.457 e. The molecule has 7 aliphatic rings. The summed E-state index contributed by atoms with van der Waals surface area (Å²) in [6, 6.07) is 95.8. The first kappa shape index (κ1) is 48.2. The molecule has 0 saturated carbocycles. The van der Waals surface area contributed by atoms with E-state index < -0.39 is 0 Å². The van der Waals surface area contributed by atoms with Crippen molar-refractivity contribution in [3.05, 3.63) is 333 Å². The zero-order chi connectivity index (χ0) is 56.7. The monoisotopic (exact) mass is 1100 g/mol. The zero-order valence-corrected chi connectivity index (χ0v) is 48.0. The normalized spacial score (nSPS) is 19.3. The predicted molar refractivity (Wildman–Crippen MR) is 349 cm³/mol. The van der Waals surface area contributed by atoms with Gasteiger partial charge in [0.15, 0.2) is 0 Å². The second kappa shape index (κ2) is 17.4. The Labute approximate surface area is 500 Å². The fraction of sp³-hybridized carbons (Fsp3) is 0.123. The van der Waals surface area contributed by atoms with Crippen molar-refractivity contribution in [2.24, 2.45) is 0 Å². The summed E-state index contributed by atoms with van der Waals surface area (Å²) >= 11 is 0. The van der Waals surface area contributed by atoms with Crippen LogP contribution in [0.1, 0.15) is 117 Å². The number of hydrogen-bond acceptors (Lipinski definition) is 4. The minimum absolute atomic E-state index is 0.0266. The Kier molecular flexibility index (Phi) is 9.77. The maximum absolute atomic E-state index is 6.96. The van der Waals surface area contributed by atoms with Crippen LogP contribution in [0.3, 0.4) is 0 Å². The molecule has 1 aliphatic heterocycles. The fourth-order valence-electron chi connectivity index (χ4n) is 17.0. The Balaban J connectivity index is 0.742. The van der Waals surface area contributed by atoms with E-state index in [9.17, 15) is 0 Å². The van der Waals surface area contributed by atoms with Gasteiger partial charge in [-0.05, 0) is 156 Å². The van der Waals surface area contributed by atoms with Crippen LogP contribution in [0.15, 0.2) is 261 Å². The van der Waals surface area contributed by atoms with Crippen LogP contribution >= 0.6 is 0 Å². The van der Waals surface area contributed by atoms with Gasteiger partial charge >= 0.3 is 0 Å². The molecule has 0 radical (unpaired) electrons. The Morgan fingerprint density at radius 1 is 0.419 bits per heavy atom. The highest BCUT2D eigenvalue weighted by atomic mass is 16.5. The van der Waals surface area contributed by atoms with Gasteiger partial charge < -0.3 is 14.5 Å². The van der Waals surface area contributed by atoms with E-state index in [-0.39, 0.29) is 22.7 Å². The van der Waals surface area contributed by atoms with E-state index in [1.807, 2.05) is 6.20 Å². The van der Waals surface area contributed by atoms with Crippen molar-refractivity contribution in [1.82, 2.24) is 9.55 Å². The molecule has 6 aliphatic carbocycles.